The smallest absolute Gasteiger partial charge is 0.245 e. The summed E-state index contributed by atoms with van der Waals surface area (Å²) in [7, 11) is 0. The predicted octanol–water partition coefficient (Wildman–Crippen LogP) is 1.22. The van der Waals surface area contributed by atoms with Crippen molar-refractivity contribution >= 4 is 23.4 Å². The van der Waals surface area contributed by atoms with Crippen LogP contribution in [0.25, 0.3) is 5.65 Å². The highest BCUT2D eigenvalue weighted by atomic mass is 16.3. The number of fused-ring (bicyclic) bond motifs is 1. The van der Waals surface area contributed by atoms with E-state index < -0.39 is 11.5 Å². The van der Waals surface area contributed by atoms with Crippen LogP contribution in [0.4, 0.5) is 5.95 Å². The van der Waals surface area contributed by atoms with Gasteiger partial charge in [-0.05, 0) is 46.5 Å². The van der Waals surface area contributed by atoms with Crippen molar-refractivity contribution in [2.45, 2.75) is 102 Å². The van der Waals surface area contributed by atoms with Gasteiger partial charge in [-0.2, -0.15) is 9.61 Å². The van der Waals surface area contributed by atoms with Crippen LogP contribution in [0.5, 0.6) is 0 Å². The molecule has 4 N–H and O–H groups in total. The van der Waals surface area contributed by atoms with Gasteiger partial charge in [0.05, 0.1) is 24.4 Å². The van der Waals surface area contributed by atoms with Crippen molar-refractivity contribution in [1.82, 2.24) is 35.1 Å². The molecular formula is C25H40N8O3. The van der Waals surface area contributed by atoms with Crippen LogP contribution in [0, 0.1) is 0 Å². The summed E-state index contributed by atoms with van der Waals surface area (Å²) in [6.07, 6.45) is 4.64. The lowest BCUT2D eigenvalue weighted by Gasteiger charge is -2.43. The summed E-state index contributed by atoms with van der Waals surface area (Å²) >= 11 is 0. The van der Waals surface area contributed by atoms with Gasteiger partial charge in [-0.3, -0.25) is 9.59 Å². The van der Waals surface area contributed by atoms with Crippen molar-refractivity contribution in [3.63, 3.8) is 0 Å². The number of carbonyl (C=O) groups excluding carboxylic acids is 2. The normalized spacial score (nSPS) is 25.4. The summed E-state index contributed by atoms with van der Waals surface area (Å²) in [6, 6.07) is 1.53. The summed E-state index contributed by atoms with van der Waals surface area (Å²) < 4.78 is 1.59. The average Bonchev–Trinajstić information content (AvgIpc) is 3.38. The Bertz CT molecular complexity index is 1110. The zero-order chi connectivity index (χ0) is 26.3. The van der Waals surface area contributed by atoms with Crippen LogP contribution >= 0.6 is 0 Å². The first-order valence-electron chi connectivity index (χ1n) is 12.8. The topological polar surface area (TPSA) is 137 Å². The maximum absolute atomic E-state index is 13.5. The third kappa shape index (κ3) is 5.62. The van der Waals surface area contributed by atoms with Crippen molar-refractivity contribution in [2.75, 3.05) is 18.5 Å². The van der Waals surface area contributed by atoms with E-state index in [2.05, 4.69) is 51.8 Å². The van der Waals surface area contributed by atoms with Crippen LogP contribution in [0.15, 0.2) is 12.4 Å². The maximum Gasteiger partial charge on any atom is 0.245 e. The molecule has 2 aliphatic rings. The van der Waals surface area contributed by atoms with Crippen molar-refractivity contribution in [3.05, 3.63) is 18.1 Å². The fourth-order valence-corrected chi connectivity index (χ4v) is 5.33. The fraction of sp³-hybridized carbons (Fsp3) is 0.720. The molecule has 0 radical (unpaired) electrons. The Morgan fingerprint density at radius 2 is 1.92 bits per heavy atom. The summed E-state index contributed by atoms with van der Waals surface area (Å²) in [6.45, 7) is 12.3. The van der Waals surface area contributed by atoms with E-state index in [1.807, 2.05) is 24.8 Å². The Labute approximate surface area is 212 Å². The first kappa shape index (κ1) is 26.3. The van der Waals surface area contributed by atoms with Gasteiger partial charge in [-0.25, -0.2) is 9.97 Å². The van der Waals surface area contributed by atoms with E-state index in [0.29, 0.717) is 30.3 Å². The second-order valence-electron chi connectivity index (χ2n) is 11.8. The molecule has 1 aliphatic carbocycles. The molecule has 1 aliphatic heterocycles. The minimum atomic E-state index is -0.523. The van der Waals surface area contributed by atoms with E-state index in [0.717, 1.165) is 19.3 Å². The van der Waals surface area contributed by atoms with E-state index >= 15 is 0 Å². The van der Waals surface area contributed by atoms with E-state index in [-0.39, 0.29) is 42.1 Å². The number of aromatic nitrogens is 4. The molecule has 2 fully saturated rings. The largest absolute Gasteiger partial charge is 0.395 e. The molecule has 36 heavy (non-hydrogen) atoms. The lowest BCUT2D eigenvalue weighted by atomic mass is 9.84. The highest BCUT2D eigenvalue weighted by Gasteiger charge is 2.42. The molecule has 1 saturated carbocycles. The number of aliphatic hydroxyl groups is 1. The maximum atomic E-state index is 13.5. The van der Waals surface area contributed by atoms with Crippen molar-refractivity contribution in [1.29, 1.82) is 0 Å². The number of hydrogen-bond acceptors (Lipinski definition) is 8. The number of likely N-dealkylation sites (tertiary alicyclic amines) is 1. The monoisotopic (exact) mass is 500 g/mol. The number of anilines is 1. The molecule has 1 saturated heterocycles. The van der Waals surface area contributed by atoms with Crippen molar-refractivity contribution in [3.8, 4) is 0 Å². The van der Waals surface area contributed by atoms with Gasteiger partial charge in [-0.1, -0.05) is 13.8 Å². The van der Waals surface area contributed by atoms with Gasteiger partial charge in [-0.15, -0.1) is 0 Å². The number of nitrogens with zero attached hydrogens (tertiary/aromatic N) is 5. The van der Waals surface area contributed by atoms with Gasteiger partial charge in [0.25, 0.3) is 0 Å². The summed E-state index contributed by atoms with van der Waals surface area (Å²) in [5.41, 5.74) is 0.761. The third-order valence-electron chi connectivity index (χ3n) is 7.13. The molecule has 0 aromatic carbocycles. The van der Waals surface area contributed by atoms with E-state index in [4.69, 9.17) is 0 Å². The van der Waals surface area contributed by atoms with Crippen LogP contribution in [0.1, 0.15) is 72.9 Å². The number of nitrogens with one attached hydrogen (secondary N) is 3. The van der Waals surface area contributed by atoms with Crippen LogP contribution < -0.4 is 16.0 Å². The lowest BCUT2D eigenvalue weighted by Crippen LogP contribution is -2.59. The number of aliphatic hydroxyl groups excluding tert-OH is 1. The molecule has 3 heterocycles. The molecule has 2 aromatic rings. The molecule has 4 rings (SSSR count). The molecule has 0 spiro atoms. The molecule has 0 bridgehead atoms. The van der Waals surface area contributed by atoms with Crippen LogP contribution in [0.3, 0.4) is 0 Å². The van der Waals surface area contributed by atoms with Gasteiger partial charge < -0.3 is 26.0 Å². The van der Waals surface area contributed by atoms with E-state index in [9.17, 15) is 14.7 Å². The average molecular weight is 501 g/mol. The second kappa shape index (κ2) is 9.93. The molecule has 4 unspecified atom stereocenters. The fourth-order valence-electron chi connectivity index (χ4n) is 5.33. The van der Waals surface area contributed by atoms with Gasteiger partial charge in [0.15, 0.2) is 5.65 Å². The predicted molar refractivity (Wildman–Crippen MR) is 137 cm³/mol. The SMILES string of the molecule is CC(=O)NC1CC(NC(C)(C)C)CCC1N1CCC(Nc2ncnc3cc(C(C)(C)CO)nn23)C1=O. The summed E-state index contributed by atoms with van der Waals surface area (Å²) in [4.78, 5) is 36.1. The standard InChI is InChI=1S/C25H40N8O3/c1-15(35)28-18-11-16(30-24(2,3)4)7-8-19(18)32-10-9-17(22(32)36)29-23-27-14-26-21-12-20(31-33(21)23)25(5,6)13-34/h12,14,16-19,30,34H,7-11,13H2,1-6H3,(H,28,35)(H,26,27,29). The van der Waals surface area contributed by atoms with Gasteiger partial charge in [0.2, 0.25) is 17.8 Å². The first-order chi connectivity index (χ1) is 16.9. The Morgan fingerprint density at radius 3 is 2.58 bits per heavy atom. The van der Waals surface area contributed by atoms with Crippen LogP contribution in [-0.4, -0.2) is 84.3 Å². The molecule has 2 aromatic heterocycles. The molecule has 11 heteroatoms. The summed E-state index contributed by atoms with van der Waals surface area (Å²) in [5, 5.41) is 24.4. The lowest BCUT2D eigenvalue weighted by molar-refractivity contribution is -0.132. The van der Waals surface area contributed by atoms with Crippen molar-refractivity contribution < 1.29 is 14.7 Å². The third-order valence-corrected chi connectivity index (χ3v) is 7.13. The van der Waals surface area contributed by atoms with Crippen LogP contribution in [-0.2, 0) is 15.0 Å². The zero-order valence-corrected chi connectivity index (χ0v) is 22.2. The van der Waals surface area contributed by atoms with Crippen LogP contribution in [0.2, 0.25) is 0 Å². The van der Waals surface area contributed by atoms with Gasteiger partial charge >= 0.3 is 0 Å². The Morgan fingerprint density at radius 1 is 1.17 bits per heavy atom. The Kier molecular flexibility index (Phi) is 7.25. The number of carbonyl (C=O) groups is 2. The highest BCUT2D eigenvalue weighted by Crippen LogP contribution is 2.30. The number of hydrogen-bond donors (Lipinski definition) is 4. The Hall–Kier alpha value is -2.79. The quantitative estimate of drug-likeness (QED) is 0.445. The highest BCUT2D eigenvalue weighted by molar-refractivity contribution is 5.87. The van der Waals surface area contributed by atoms with Gasteiger partial charge in [0, 0.05) is 36.5 Å². The zero-order valence-electron chi connectivity index (χ0n) is 22.2. The minimum Gasteiger partial charge on any atom is -0.395 e. The Balaban J connectivity index is 1.49. The first-order valence-corrected chi connectivity index (χ1v) is 12.8. The summed E-state index contributed by atoms with van der Waals surface area (Å²) in [5.74, 6) is 0.371. The van der Waals surface area contributed by atoms with E-state index in [1.54, 1.807) is 4.52 Å². The molecule has 4 atom stereocenters. The molecular weight excluding hydrogens is 460 g/mol. The minimum absolute atomic E-state index is 0.00686. The number of rotatable bonds is 7. The number of amides is 2. The molecule has 11 nitrogen and oxygen atoms in total. The second-order valence-corrected chi connectivity index (χ2v) is 11.8. The molecule has 198 valence electrons. The molecule has 2 amide bonds. The van der Waals surface area contributed by atoms with E-state index in [1.165, 1.54) is 13.3 Å². The van der Waals surface area contributed by atoms with Gasteiger partial charge in [0.1, 0.15) is 12.4 Å². The van der Waals surface area contributed by atoms with Crippen molar-refractivity contribution in [2.24, 2.45) is 0 Å².